The second-order valence-corrected chi connectivity index (χ2v) is 3.90. The smallest absolute Gasteiger partial charge is 0.217 e. The van der Waals surface area contributed by atoms with Crippen molar-refractivity contribution in [2.75, 3.05) is 13.1 Å². The number of nitrogens with two attached hydrogens (primary N) is 1. The highest BCUT2D eigenvalue weighted by Gasteiger charge is 2.25. The molecule has 16 heavy (non-hydrogen) atoms. The summed E-state index contributed by atoms with van der Waals surface area (Å²) in [5.74, 6) is 2.58. The zero-order valence-electron chi connectivity index (χ0n) is 9.92. The van der Waals surface area contributed by atoms with Crippen LogP contribution in [0.3, 0.4) is 0 Å². The Morgan fingerprint density at radius 1 is 1.75 bits per heavy atom. The molecule has 0 aromatic rings. The fourth-order valence-electron chi connectivity index (χ4n) is 2.00. The molecule has 1 saturated heterocycles. The minimum absolute atomic E-state index is 0.000981. The SMILES string of the molecule is C#C/C=C1\C(=C/C)CC[NH2+]C1CNC(C)=O. The van der Waals surface area contributed by atoms with Gasteiger partial charge < -0.3 is 10.6 Å². The molecule has 3 N–H and O–H groups in total. The summed E-state index contributed by atoms with van der Waals surface area (Å²) in [4.78, 5) is 10.9. The molecular weight excluding hydrogens is 200 g/mol. The van der Waals surface area contributed by atoms with Crippen molar-refractivity contribution < 1.29 is 10.1 Å². The van der Waals surface area contributed by atoms with Gasteiger partial charge >= 0.3 is 0 Å². The van der Waals surface area contributed by atoms with Gasteiger partial charge in [-0.3, -0.25) is 4.79 Å². The number of terminal acetylenes is 1. The first-order valence-corrected chi connectivity index (χ1v) is 5.58. The zero-order chi connectivity index (χ0) is 12.0. The van der Waals surface area contributed by atoms with Gasteiger partial charge in [0, 0.05) is 18.9 Å². The third-order valence-electron chi connectivity index (χ3n) is 2.79. The van der Waals surface area contributed by atoms with E-state index < -0.39 is 0 Å². The van der Waals surface area contributed by atoms with Gasteiger partial charge in [-0.05, 0) is 18.6 Å². The molecule has 86 valence electrons. The van der Waals surface area contributed by atoms with E-state index in [1.54, 1.807) is 0 Å². The van der Waals surface area contributed by atoms with Crippen molar-refractivity contribution in [1.82, 2.24) is 5.32 Å². The second kappa shape index (κ2) is 6.14. The van der Waals surface area contributed by atoms with E-state index in [-0.39, 0.29) is 11.9 Å². The summed E-state index contributed by atoms with van der Waals surface area (Å²) in [5, 5.41) is 5.07. The molecule has 0 aromatic heterocycles. The van der Waals surface area contributed by atoms with Crippen LogP contribution in [0.4, 0.5) is 0 Å². The van der Waals surface area contributed by atoms with Gasteiger partial charge in [0.05, 0.1) is 13.1 Å². The largest absolute Gasteiger partial charge is 0.350 e. The lowest BCUT2D eigenvalue weighted by atomic mass is 9.91. The number of hydrogen-bond donors (Lipinski definition) is 2. The van der Waals surface area contributed by atoms with Crippen LogP contribution in [-0.4, -0.2) is 25.0 Å². The number of quaternary nitrogens is 1. The van der Waals surface area contributed by atoms with E-state index >= 15 is 0 Å². The number of amides is 1. The first-order chi connectivity index (χ1) is 7.69. The number of nitrogens with one attached hydrogen (secondary N) is 1. The van der Waals surface area contributed by atoms with E-state index in [1.165, 1.54) is 18.1 Å². The third-order valence-corrected chi connectivity index (χ3v) is 2.79. The maximum absolute atomic E-state index is 10.9. The van der Waals surface area contributed by atoms with Crippen LogP contribution >= 0.6 is 0 Å². The molecule has 1 fully saturated rings. The van der Waals surface area contributed by atoms with Crippen molar-refractivity contribution in [3.8, 4) is 12.3 Å². The van der Waals surface area contributed by atoms with Crippen LogP contribution in [0, 0.1) is 12.3 Å². The molecule has 1 heterocycles. The van der Waals surface area contributed by atoms with Crippen LogP contribution in [0.5, 0.6) is 0 Å². The highest BCUT2D eigenvalue weighted by molar-refractivity contribution is 5.72. The maximum Gasteiger partial charge on any atom is 0.217 e. The lowest BCUT2D eigenvalue weighted by Crippen LogP contribution is -2.93. The Morgan fingerprint density at radius 2 is 2.50 bits per heavy atom. The van der Waals surface area contributed by atoms with E-state index in [0.717, 1.165) is 13.0 Å². The Hall–Kier alpha value is -1.53. The number of rotatable bonds is 2. The topological polar surface area (TPSA) is 45.7 Å². The van der Waals surface area contributed by atoms with Crippen molar-refractivity contribution in [2.24, 2.45) is 0 Å². The summed E-state index contributed by atoms with van der Waals surface area (Å²) >= 11 is 0. The molecule has 0 bridgehead atoms. The van der Waals surface area contributed by atoms with E-state index in [0.29, 0.717) is 6.54 Å². The van der Waals surface area contributed by atoms with Crippen molar-refractivity contribution in [1.29, 1.82) is 0 Å². The first-order valence-electron chi connectivity index (χ1n) is 5.58. The van der Waals surface area contributed by atoms with E-state index in [4.69, 9.17) is 6.42 Å². The van der Waals surface area contributed by atoms with Gasteiger partial charge in [-0.25, -0.2) is 0 Å². The molecule has 1 rings (SSSR count). The third kappa shape index (κ3) is 3.25. The molecule has 0 spiro atoms. The summed E-state index contributed by atoms with van der Waals surface area (Å²) in [6, 6.07) is 0.250. The molecule has 1 amide bonds. The van der Waals surface area contributed by atoms with Gasteiger partial charge in [-0.15, -0.1) is 6.42 Å². The molecule has 0 aromatic carbocycles. The van der Waals surface area contributed by atoms with Gasteiger partial charge in [0.15, 0.2) is 0 Å². The number of allylic oxidation sites excluding steroid dienone is 2. The summed E-state index contributed by atoms with van der Waals surface area (Å²) in [6.07, 6.45) is 10.3. The van der Waals surface area contributed by atoms with Crippen LogP contribution in [0.15, 0.2) is 23.3 Å². The predicted octanol–water partition coefficient (Wildman–Crippen LogP) is -0.0359. The van der Waals surface area contributed by atoms with Gasteiger partial charge in [0.1, 0.15) is 6.04 Å². The highest BCUT2D eigenvalue weighted by Crippen LogP contribution is 2.18. The number of hydrogen-bond acceptors (Lipinski definition) is 1. The highest BCUT2D eigenvalue weighted by atomic mass is 16.1. The molecule has 0 radical (unpaired) electrons. The quantitative estimate of drug-likeness (QED) is 0.629. The van der Waals surface area contributed by atoms with Gasteiger partial charge in [0.25, 0.3) is 0 Å². The standard InChI is InChI=1S/C13H18N2O/c1-4-6-12-11(5-2)7-8-14-13(12)9-15-10(3)16/h1,5-6,13-14H,7-9H2,2-3H3,(H,15,16)/p+1/b11-5-,12-6+. The Balaban J connectivity index is 2.78. The number of carbonyl (C=O) groups excluding carboxylic acids is 1. The van der Waals surface area contributed by atoms with Crippen LogP contribution in [-0.2, 0) is 4.79 Å². The summed E-state index contributed by atoms with van der Waals surface area (Å²) in [7, 11) is 0. The average molecular weight is 219 g/mol. The first kappa shape index (κ1) is 12.5. The van der Waals surface area contributed by atoms with Crippen LogP contribution in [0.25, 0.3) is 0 Å². The van der Waals surface area contributed by atoms with Crippen LogP contribution < -0.4 is 10.6 Å². The molecule has 1 aliphatic rings. The molecular formula is C13H19N2O+. The summed E-state index contributed by atoms with van der Waals surface area (Å²) in [6.45, 7) is 5.25. The Morgan fingerprint density at radius 3 is 3.06 bits per heavy atom. The lowest BCUT2D eigenvalue weighted by molar-refractivity contribution is -0.682. The van der Waals surface area contributed by atoms with Crippen molar-refractivity contribution in [3.05, 3.63) is 23.3 Å². The molecule has 1 atom stereocenters. The number of piperidine rings is 1. The van der Waals surface area contributed by atoms with Crippen LogP contribution in [0.2, 0.25) is 0 Å². The van der Waals surface area contributed by atoms with Crippen molar-refractivity contribution in [2.45, 2.75) is 26.3 Å². The van der Waals surface area contributed by atoms with E-state index in [2.05, 4.69) is 22.6 Å². The predicted molar refractivity (Wildman–Crippen MR) is 64.6 cm³/mol. The molecule has 3 heteroatoms. The second-order valence-electron chi connectivity index (χ2n) is 3.90. The van der Waals surface area contributed by atoms with Gasteiger partial charge in [-0.2, -0.15) is 0 Å². The van der Waals surface area contributed by atoms with E-state index in [9.17, 15) is 4.79 Å². The zero-order valence-corrected chi connectivity index (χ0v) is 9.92. The van der Waals surface area contributed by atoms with E-state index in [1.807, 2.05) is 13.0 Å². The Labute approximate surface area is 97.0 Å². The monoisotopic (exact) mass is 219 g/mol. The van der Waals surface area contributed by atoms with Crippen molar-refractivity contribution >= 4 is 5.91 Å². The van der Waals surface area contributed by atoms with Gasteiger partial charge in [0.2, 0.25) is 5.91 Å². The molecule has 0 aliphatic carbocycles. The fraction of sp³-hybridized carbons (Fsp3) is 0.462. The fourth-order valence-corrected chi connectivity index (χ4v) is 2.00. The normalized spacial score (nSPS) is 25.4. The molecule has 0 saturated carbocycles. The Kier molecular flexibility index (Phi) is 4.81. The number of carbonyl (C=O) groups is 1. The minimum Gasteiger partial charge on any atom is -0.350 e. The lowest BCUT2D eigenvalue weighted by Gasteiger charge is -2.25. The summed E-state index contributed by atoms with van der Waals surface area (Å²) < 4.78 is 0. The van der Waals surface area contributed by atoms with Gasteiger partial charge in [-0.1, -0.05) is 12.0 Å². The molecule has 3 nitrogen and oxygen atoms in total. The molecule has 1 aliphatic heterocycles. The average Bonchev–Trinajstić information content (AvgIpc) is 2.27. The summed E-state index contributed by atoms with van der Waals surface area (Å²) in [5.41, 5.74) is 2.47. The molecule has 1 unspecified atom stereocenters. The van der Waals surface area contributed by atoms with Crippen molar-refractivity contribution in [3.63, 3.8) is 0 Å². The minimum atomic E-state index is 0.000981. The van der Waals surface area contributed by atoms with Crippen LogP contribution in [0.1, 0.15) is 20.3 Å². The maximum atomic E-state index is 10.9. The Bertz CT molecular complexity index is 361.